The molecule has 0 radical (unpaired) electrons. The van der Waals surface area contributed by atoms with Crippen molar-refractivity contribution in [1.82, 2.24) is 25.2 Å². The lowest BCUT2D eigenvalue weighted by molar-refractivity contribution is -0.134. The van der Waals surface area contributed by atoms with Gasteiger partial charge in [-0.2, -0.15) is 8.78 Å². The van der Waals surface area contributed by atoms with Gasteiger partial charge in [-0.15, -0.1) is 0 Å². The minimum atomic E-state index is -3.94. The van der Waals surface area contributed by atoms with E-state index in [9.17, 15) is 36.4 Å². The molecule has 2 aliphatic carbocycles. The number of cyclic esters (lactones) is 1. The molecule has 4 heterocycles. The van der Waals surface area contributed by atoms with Crippen molar-refractivity contribution < 1.29 is 50.6 Å². The average Bonchev–Trinajstić information content (AvgIpc) is 4.11. The Morgan fingerprint density at radius 1 is 0.947 bits per heavy atom. The van der Waals surface area contributed by atoms with Crippen LogP contribution in [0.25, 0.3) is 22.2 Å². The molecule has 5 aliphatic rings. The van der Waals surface area contributed by atoms with Crippen LogP contribution in [0.3, 0.4) is 0 Å². The topological polar surface area (TPSA) is 182 Å². The van der Waals surface area contributed by atoms with Crippen LogP contribution >= 0.6 is 0 Å². The van der Waals surface area contributed by atoms with E-state index in [4.69, 9.17) is 19.2 Å². The van der Waals surface area contributed by atoms with Crippen LogP contribution in [0.2, 0.25) is 0 Å². The second-order valence-electron chi connectivity index (χ2n) is 15.5. The molecule has 1 unspecified atom stereocenters. The van der Waals surface area contributed by atoms with Crippen LogP contribution < -0.4 is 24.8 Å². The number of nitrogens with zero attached hydrogens (tertiary/aromatic N) is 2. The molecular weight excluding hydrogens is 765 g/mol. The van der Waals surface area contributed by atoms with Crippen LogP contribution in [0.5, 0.6) is 11.5 Å². The minimum Gasteiger partial charge on any atom is -0.487 e. The Bertz CT molecular complexity index is 2230. The Morgan fingerprint density at radius 3 is 2.58 bits per heavy atom. The van der Waals surface area contributed by atoms with Gasteiger partial charge in [0.2, 0.25) is 21.8 Å². The van der Waals surface area contributed by atoms with Crippen LogP contribution in [0.4, 0.5) is 13.6 Å². The van der Waals surface area contributed by atoms with Crippen LogP contribution in [0.1, 0.15) is 51.4 Å². The molecule has 14 nitrogen and oxygen atoms in total. The summed E-state index contributed by atoms with van der Waals surface area (Å²) in [5.74, 6) is -6.85. The number of hydrogen-bond acceptors (Lipinski definition) is 10. The first kappa shape index (κ1) is 38.5. The number of alkyl carbamates (subject to hydrolysis) is 1. The van der Waals surface area contributed by atoms with E-state index in [1.54, 1.807) is 24.3 Å². The van der Waals surface area contributed by atoms with E-state index >= 15 is 0 Å². The van der Waals surface area contributed by atoms with E-state index in [-0.39, 0.29) is 37.4 Å². The highest BCUT2D eigenvalue weighted by Gasteiger charge is 2.62. The second-order valence-corrected chi connectivity index (χ2v) is 17.5. The molecule has 302 valence electrons. The van der Waals surface area contributed by atoms with Gasteiger partial charge in [-0.25, -0.2) is 18.2 Å². The van der Waals surface area contributed by atoms with Gasteiger partial charge in [-0.05, 0) is 62.8 Å². The van der Waals surface area contributed by atoms with Gasteiger partial charge in [0.05, 0.1) is 23.2 Å². The lowest BCUT2D eigenvalue weighted by atomic mass is 10.0. The van der Waals surface area contributed by atoms with E-state index in [0.717, 1.165) is 0 Å². The molecule has 6 bridgehead atoms. The number of allylic oxidation sites excluding steroid dienone is 1. The number of carbonyl (C=O) groups is 4. The SMILES string of the molecule is O=C1N[C@H]2CCCCC/C=C/[C@@H]3C[C@@]3(C(=O)NS(=O)(=O)C3CC3)NC(=O)C3CN(C[C@@H]3Oc3cc4ccccc4nc3-c3cccc(c3)OCC(F)(F)CO1)C2=O. The number of halogens is 2. The number of alkyl halides is 2. The number of amides is 4. The van der Waals surface area contributed by atoms with Crippen LogP contribution in [0, 0.1) is 11.8 Å². The van der Waals surface area contributed by atoms with Gasteiger partial charge in [0.15, 0.2) is 13.2 Å². The molecule has 2 aromatic carbocycles. The standard InChI is InChI=1S/C40H43F2N5O9S/c41-39(42)22-54-27-12-8-10-25(17-27)34-32(18-24-9-6-7-13-30(24)43-34)56-33-21-47-20-29(33)35(48)45-40(37(50)46-57(52,53)28-15-16-28)19-26(40)11-4-2-1-3-5-14-31(36(47)49)44-38(51)55-23-39/h4,6-13,17-18,26,28-29,31,33H,1-3,5,14-16,19-23H2,(H,44,51)(H,45,48)(H,46,50)/b11-4+/t26-,29?,31+,33+,40-/m1/s1. The van der Waals surface area contributed by atoms with Gasteiger partial charge in [0, 0.05) is 23.4 Å². The summed E-state index contributed by atoms with van der Waals surface area (Å²) in [4.78, 5) is 61.8. The molecule has 3 aromatic rings. The van der Waals surface area contributed by atoms with E-state index in [2.05, 4.69) is 15.4 Å². The number of aromatic nitrogens is 1. The van der Waals surface area contributed by atoms with Gasteiger partial charge >= 0.3 is 12.0 Å². The van der Waals surface area contributed by atoms with Gasteiger partial charge in [-0.3, -0.25) is 19.1 Å². The normalized spacial score (nSPS) is 28.6. The fraction of sp³-hybridized carbons (Fsp3) is 0.475. The molecule has 3 N–H and O–H groups in total. The molecule has 8 rings (SSSR count). The van der Waals surface area contributed by atoms with Crippen molar-refractivity contribution in [3.8, 4) is 22.8 Å². The maximum Gasteiger partial charge on any atom is 0.408 e. The van der Waals surface area contributed by atoms with Crippen molar-refractivity contribution in [2.75, 3.05) is 26.3 Å². The molecule has 2 saturated carbocycles. The third-order valence-electron chi connectivity index (χ3n) is 11.1. The fourth-order valence-corrected chi connectivity index (χ4v) is 9.07. The number of hydrogen-bond donors (Lipinski definition) is 3. The molecule has 57 heavy (non-hydrogen) atoms. The summed E-state index contributed by atoms with van der Waals surface area (Å²) < 4.78 is 75.0. The third-order valence-corrected chi connectivity index (χ3v) is 13.0. The second kappa shape index (κ2) is 15.2. The Labute approximate surface area is 327 Å². The predicted molar refractivity (Wildman–Crippen MR) is 202 cm³/mol. The first-order valence-corrected chi connectivity index (χ1v) is 20.8. The van der Waals surface area contributed by atoms with Gasteiger partial charge in [0.25, 0.3) is 5.91 Å². The zero-order valence-corrected chi connectivity index (χ0v) is 31.8. The van der Waals surface area contributed by atoms with E-state index < -0.39 is 87.7 Å². The molecule has 1 aromatic heterocycles. The van der Waals surface area contributed by atoms with Gasteiger partial charge in [0.1, 0.15) is 34.9 Å². The molecule has 3 fully saturated rings. The Morgan fingerprint density at radius 2 is 1.75 bits per heavy atom. The highest BCUT2D eigenvalue weighted by molar-refractivity contribution is 7.91. The summed E-state index contributed by atoms with van der Waals surface area (Å²) in [6, 6.07) is 14.1. The summed E-state index contributed by atoms with van der Waals surface area (Å²) in [5, 5.41) is 5.39. The number of para-hydroxylation sites is 1. The number of ether oxygens (including phenoxy) is 3. The first-order chi connectivity index (χ1) is 27.3. The molecule has 1 saturated heterocycles. The summed E-state index contributed by atoms with van der Waals surface area (Å²) in [6.45, 7) is -2.73. The zero-order valence-electron chi connectivity index (χ0n) is 31.0. The maximum absolute atomic E-state index is 15.0. The number of carbonyl (C=O) groups excluding carboxylic acids is 4. The Kier molecular flexibility index (Phi) is 10.3. The lowest BCUT2D eigenvalue weighted by Crippen LogP contribution is -2.55. The number of fused-ring (bicyclic) bond motifs is 10. The summed E-state index contributed by atoms with van der Waals surface area (Å²) >= 11 is 0. The molecule has 3 aliphatic heterocycles. The fourth-order valence-electron chi connectivity index (χ4n) is 7.70. The highest BCUT2D eigenvalue weighted by atomic mass is 32.2. The molecule has 4 amide bonds. The van der Waals surface area contributed by atoms with Gasteiger partial charge < -0.3 is 29.7 Å². The molecular formula is C40H43F2N5O9S. The summed E-state index contributed by atoms with van der Waals surface area (Å²) in [7, 11) is -3.94. The van der Waals surface area contributed by atoms with Crippen LogP contribution in [-0.4, -0.2) is 97.3 Å². The Hall–Kier alpha value is -5.32. The minimum absolute atomic E-state index is 0.0891. The van der Waals surface area contributed by atoms with E-state index in [1.165, 1.54) is 17.0 Å². The quantitative estimate of drug-likeness (QED) is 0.324. The molecule has 0 spiro atoms. The summed E-state index contributed by atoms with van der Waals surface area (Å²) in [5.41, 5.74) is -0.179. The van der Waals surface area contributed by atoms with Crippen LogP contribution in [0.15, 0.2) is 66.7 Å². The van der Waals surface area contributed by atoms with Crippen molar-refractivity contribution in [3.63, 3.8) is 0 Å². The van der Waals surface area contributed by atoms with Crippen molar-refractivity contribution >= 4 is 44.7 Å². The Balaban J connectivity index is 1.19. The van der Waals surface area contributed by atoms with Crippen LogP contribution in [-0.2, 0) is 29.1 Å². The predicted octanol–water partition coefficient (Wildman–Crippen LogP) is 4.23. The van der Waals surface area contributed by atoms with E-state index in [0.29, 0.717) is 60.7 Å². The van der Waals surface area contributed by atoms with Crippen molar-refractivity contribution in [2.24, 2.45) is 11.8 Å². The zero-order chi connectivity index (χ0) is 40.0. The summed E-state index contributed by atoms with van der Waals surface area (Å²) in [6.07, 6.45) is 5.14. The number of benzene rings is 2. The third kappa shape index (κ3) is 8.38. The number of sulfonamides is 1. The maximum atomic E-state index is 15.0. The van der Waals surface area contributed by atoms with E-state index in [1.807, 2.05) is 30.4 Å². The lowest BCUT2D eigenvalue weighted by Gasteiger charge is -2.25. The van der Waals surface area contributed by atoms with Crippen molar-refractivity contribution in [2.45, 2.75) is 80.2 Å². The smallest absolute Gasteiger partial charge is 0.408 e. The first-order valence-electron chi connectivity index (χ1n) is 19.2. The molecule has 5 atom stereocenters. The number of rotatable bonds is 3. The monoisotopic (exact) mass is 807 g/mol. The highest BCUT2D eigenvalue weighted by Crippen LogP contribution is 2.46. The molecule has 17 heteroatoms. The van der Waals surface area contributed by atoms with Gasteiger partial charge in [-0.1, -0.05) is 55.3 Å². The largest absolute Gasteiger partial charge is 0.487 e. The number of pyridine rings is 1. The van der Waals surface area contributed by atoms with Crippen molar-refractivity contribution in [3.05, 3.63) is 66.7 Å². The van der Waals surface area contributed by atoms with Crippen molar-refractivity contribution in [1.29, 1.82) is 0 Å². The number of nitrogens with one attached hydrogen (secondary N) is 3. The average molecular weight is 808 g/mol.